The number of ether oxygens (including phenoxy) is 1. The lowest BCUT2D eigenvalue weighted by molar-refractivity contribution is -0.159. The van der Waals surface area contributed by atoms with Crippen molar-refractivity contribution in [2.75, 3.05) is 13.7 Å². The van der Waals surface area contributed by atoms with Gasteiger partial charge in [-0.3, -0.25) is 4.98 Å². The summed E-state index contributed by atoms with van der Waals surface area (Å²) in [5, 5.41) is 12.8. The van der Waals surface area contributed by atoms with Crippen molar-refractivity contribution in [3.63, 3.8) is 0 Å². The first kappa shape index (κ1) is 14.6. The van der Waals surface area contributed by atoms with Gasteiger partial charge in [-0.25, -0.2) is 4.79 Å². The number of esters is 1. The van der Waals surface area contributed by atoms with E-state index in [1.54, 1.807) is 6.20 Å². The zero-order chi connectivity index (χ0) is 13.6. The Bertz CT molecular complexity index is 405. The zero-order valence-electron chi connectivity index (χ0n) is 11.1. The van der Waals surface area contributed by atoms with E-state index in [0.717, 1.165) is 17.7 Å². The van der Waals surface area contributed by atoms with Gasteiger partial charge in [0.1, 0.15) is 0 Å². The average molecular weight is 252 g/mol. The second-order valence-corrected chi connectivity index (χ2v) is 4.33. The molecule has 1 unspecified atom stereocenters. The molecule has 0 aliphatic carbocycles. The minimum atomic E-state index is -1.52. The molecule has 5 heteroatoms. The van der Waals surface area contributed by atoms with Crippen LogP contribution in [0.25, 0.3) is 0 Å². The number of pyridine rings is 1. The maximum Gasteiger partial charge on any atom is 0.338 e. The number of carbonyl (C=O) groups is 1. The summed E-state index contributed by atoms with van der Waals surface area (Å²) in [4.78, 5) is 15.5. The van der Waals surface area contributed by atoms with Crippen LogP contribution in [0.1, 0.15) is 25.1 Å². The summed E-state index contributed by atoms with van der Waals surface area (Å²) in [6.45, 7) is 4.12. The van der Waals surface area contributed by atoms with E-state index >= 15 is 0 Å². The predicted molar refractivity (Wildman–Crippen MR) is 68.0 cm³/mol. The van der Waals surface area contributed by atoms with Crippen LogP contribution in [0.3, 0.4) is 0 Å². The molecule has 100 valence electrons. The summed E-state index contributed by atoms with van der Waals surface area (Å²) in [5.74, 6) is -0.647. The molecule has 0 saturated heterocycles. The van der Waals surface area contributed by atoms with Gasteiger partial charge in [0.05, 0.1) is 12.8 Å². The van der Waals surface area contributed by atoms with E-state index in [1.807, 2.05) is 12.1 Å². The van der Waals surface area contributed by atoms with Gasteiger partial charge < -0.3 is 15.2 Å². The van der Waals surface area contributed by atoms with Crippen molar-refractivity contribution in [2.24, 2.45) is 0 Å². The Morgan fingerprint density at radius 2 is 2.33 bits per heavy atom. The highest BCUT2D eigenvalue weighted by molar-refractivity contribution is 5.78. The number of methoxy groups -OCH3 is 1. The Kier molecular flexibility index (Phi) is 5.25. The molecule has 0 saturated carbocycles. The first-order valence-corrected chi connectivity index (χ1v) is 5.95. The third-order valence-corrected chi connectivity index (χ3v) is 2.75. The Balaban J connectivity index is 2.54. The van der Waals surface area contributed by atoms with E-state index in [2.05, 4.69) is 22.0 Å². The van der Waals surface area contributed by atoms with Gasteiger partial charge >= 0.3 is 5.97 Å². The van der Waals surface area contributed by atoms with Crippen LogP contribution < -0.4 is 5.32 Å². The molecule has 0 amide bonds. The van der Waals surface area contributed by atoms with Crippen molar-refractivity contribution in [3.8, 4) is 0 Å². The second kappa shape index (κ2) is 6.47. The largest absolute Gasteiger partial charge is 0.467 e. The fraction of sp³-hybridized carbons (Fsp3) is 0.538. The number of rotatable bonds is 6. The van der Waals surface area contributed by atoms with E-state index in [0.29, 0.717) is 6.54 Å². The number of nitrogens with zero attached hydrogens (tertiary/aromatic N) is 1. The van der Waals surface area contributed by atoms with Crippen LogP contribution in [0.5, 0.6) is 0 Å². The van der Waals surface area contributed by atoms with Crippen LogP contribution in [-0.2, 0) is 22.5 Å². The molecular weight excluding hydrogens is 232 g/mol. The van der Waals surface area contributed by atoms with E-state index in [4.69, 9.17) is 0 Å². The number of hydrogen-bond acceptors (Lipinski definition) is 5. The van der Waals surface area contributed by atoms with Crippen LogP contribution in [0.2, 0.25) is 0 Å². The maximum atomic E-state index is 11.3. The standard InChI is InChI=1S/C13H20N2O3/c1-4-10-6-5-7-15-11(10)8-14-9-13(2,17)12(16)18-3/h5-7,14,17H,4,8-9H2,1-3H3. The molecule has 0 bridgehead atoms. The molecule has 1 atom stereocenters. The maximum absolute atomic E-state index is 11.3. The van der Waals surface area contributed by atoms with Crippen LogP contribution >= 0.6 is 0 Å². The molecule has 0 aliphatic rings. The monoisotopic (exact) mass is 252 g/mol. The highest BCUT2D eigenvalue weighted by Crippen LogP contribution is 2.07. The van der Waals surface area contributed by atoms with Crippen molar-refractivity contribution >= 4 is 5.97 Å². The summed E-state index contributed by atoms with van der Waals surface area (Å²) in [6, 6.07) is 3.91. The minimum absolute atomic E-state index is 0.124. The van der Waals surface area contributed by atoms with Gasteiger partial charge in [0, 0.05) is 19.3 Å². The van der Waals surface area contributed by atoms with Crippen molar-refractivity contribution < 1.29 is 14.6 Å². The number of aromatic nitrogens is 1. The van der Waals surface area contributed by atoms with Crippen molar-refractivity contribution in [3.05, 3.63) is 29.6 Å². The minimum Gasteiger partial charge on any atom is -0.467 e. The molecule has 0 fully saturated rings. The fourth-order valence-electron chi connectivity index (χ4n) is 1.67. The van der Waals surface area contributed by atoms with E-state index in [9.17, 15) is 9.90 Å². The topological polar surface area (TPSA) is 71.5 Å². The lowest BCUT2D eigenvalue weighted by Gasteiger charge is -2.20. The number of nitrogens with one attached hydrogen (secondary N) is 1. The SMILES string of the molecule is CCc1cccnc1CNCC(C)(O)C(=O)OC. The molecular formula is C13H20N2O3. The second-order valence-electron chi connectivity index (χ2n) is 4.33. The number of hydrogen-bond donors (Lipinski definition) is 2. The Hall–Kier alpha value is -1.46. The molecule has 18 heavy (non-hydrogen) atoms. The first-order chi connectivity index (χ1) is 8.51. The average Bonchev–Trinajstić information content (AvgIpc) is 2.38. The van der Waals surface area contributed by atoms with Gasteiger partial charge in [0.25, 0.3) is 0 Å². The van der Waals surface area contributed by atoms with Gasteiger partial charge in [-0.05, 0) is 25.0 Å². The number of aryl methyl sites for hydroxylation is 1. The Labute approximate surface area is 107 Å². The molecule has 1 aromatic heterocycles. The highest BCUT2D eigenvalue weighted by Gasteiger charge is 2.30. The molecule has 2 N–H and O–H groups in total. The predicted octanol–water partition coefficient (Wildman–Crippen LogP) is 0.658. The lowest BCUT2D eigenvalue weighted by Crippen LogP contribution is -2.45. The van der Waals surface area contributed by atoms with E-state index in [1.165, 1.54) is 14.0 Å². The quantitative estimate of drug-likeness (QED) is 0.728. The normalized spacial score (nSPS) is 14.0. The van der Waals surface area contributed by atoms with Crippen LogP contribution in [-0.4, -0.2) is 35.3 Å². The Morgan fingerprint density at radius 1 is 1.61 bits per heavy atom. The number of aliphatic hydroxyl groups is 1. The van der Waals surface area contributed by atoms with Crippen molar-refractivity contribution in [1.29, 1.82) is 0 Å². The van der Waals surface area contributed by atoms with E-state index < -0.39 is 11.6 Å². The van der Waals surface area contributed by atoms with Crippen LogP contribution in [0.15, 0.2) is 18.3 Å². The highest BCUT2D eigenvalue weighted by atomic mass is 16.5. The Morgan fingerprint density at radius 3 is 2.94 bits per heavy atom. The third kappa shape index (κ3) is 3.78. The summed E-state index contributed by atoms with van der Waals surface area (Å²) >= 11 is 0. The van der Waals surface area contributed by atoms with Crippen LogP contribution in [0.4, 0.5) is 0 Å². The molecule has 5 nitrogen and oxygen atoms in total. The van der Waals surface area contributed by atoms with Gasteiger partial charge in [-0.2, -0.15) is 0 Å². The van der Waals surface area contributed by atoms with Gasteiger partial charge in [-0.1, -0.05) is 13.0 Å². The summed E-state index contributed by atoms with van der Waals surface area (Å²) in [5.41, 5.74) is 0.569. The number of carbonyl (C=O) groups excluding carboxylic acids is 1. The van der Waals surface area contributed by atoms with Gasteiger partial charge in [0.2, 0.25) is 0 Å². The van der Waals surface area contributed by atoms with Gasteiger partial charge in [-0.15, -0.1) is 0 Å². The summed E-state index contributed by atoms with van der Waals surface area (Å²) < 4.78 is 4.52. The first-order valence-electron chi connectivity index (χ1n) is 5.95. The molecule has 0 aliphatic heterocycles. The smallest absolute Gasteiger partial charge is 0.338 e. The van der Waals surface area contributed by atoms with E-state index in [-0.39, 0.29) is 6.54 Å². The molecule has 1 rings (SSSR count). The molecule has 0 aromatic carbocycles. The summed E-state index contributed by atoms with van der Waals surface area (Å²) in [6.07, 6.45) is 2.63. The molecule has 1 heterocycles. The third-order valence-electron chi connectivity index (χ3n) is 2.75. The molecule has 0 spiro atoms. The fourth-order valence-corrected chi connectivity index (χ4v) is 1.67. The zero-order valence-corrected chi connectivity index (χ0v) is 11.1. The lowest BCUT2D eigenvalue weighted by atomic mass is 10.1. The molecule has 0 radical (unpaired) electrons. The van der Waals surface area contributed by atoms with Gasteiger partial charge in [0.15, 0.2) is 5.60 Å². The van der Waals surface area contributed by atoms with Crippen LogP contribution in [0, 0.1) is 0 Å². The summed E-state index contributed by atoms with van der Waals surface area (Å²) in [7, 11) is 1.25. The van der Waals surface area contributed by atoms with Crippen molar-refractivity contribution in [1.82, 2.24) is 10.3 Å². The molecule has 1 aromatic rings. The van der Waals surface area contributed by atoms with Crippen molar-refractivity contribution in [2.45, 2.75) is 32.4 Å².